The molecule has 14 heavy (non-hydrogen) atoms. The molecular weight excluding hydrogens is 182 g/mol. The van der Waals surface area contributed by atoms with Crippen LogP contribution in [0.1, 0.15) is 32.1 Å². The summed E-state index contributed by atoms with van der Waals surface area (Å²) in [6.45, 7) is 0. The molecule has 4 aliphatic carbocycles. The predicted octanol–water partition coefficient (Wildman–Crippen LogP) is 0.775. The summed E-state index contributed by atoms with van der Waals surface area (Å²) in [7, 11) is 0. The molecule has 2 atom stereocenters. The van der Waals surface area contributed by atoms with Crippen LogP contribution >= 0.6 is 0 Å². The van der Waals surface area contributed by atoms with Gasteiger partial charge in [-0.2, -0.15) is 0 Å². The second kappa shape index (κ2) is 2.24. The van der Waals surface area contributed by atoms with Crippen LogP contribution in [-0.2, 0) is 4.74 Å². The van der Waals surface area contributed by atoms with Crippen LogP contribution in [0.4, 0.5) is 4.79 Å². The lowest BCUT2D eigenvalue weighted by molar-refractivity contribution is -0.109. The smallest absolute Gasteiger partial charge is 0.405 e. The predicted molar refractivity (Wildman–Crippen MR) is 48.4 cm³/mol. The fourth-order valence-corrected chi connectivity index (χ4v) is 4.13. The Morgan fingerprint density at radius 3 is 2.36 bits per heavy atom. The molecule has 4 heteroatoms. The van der Waals surface area contributed by atoms with Gasteiger partial charge in [0.15, 0.2) is 0 Å². The summed E-state index contributed by atoms with van der Waals surface area (Å²) in [5.41, 5.74) is 3.67. The van der Waals surface area contributed by atoms with E-state index in [0.717, 1.165) is 25.7 Å². The van der Waals surface area contributed by atoms with Crippen molar-refractivity contribution in [1.29, 1.82) is 0 Å². The maximum Gasteiger partial charge on any atom is 0.405 e. The fourth-order valence-electron chi connectivity index (χ4n) is 4.13. The number of ether oxygens (including phenoxy) is 1. The Bertz CT molecular complexity index is 288. The molecule has 4 saturated carbocycles. The van der Waals surface area contributed by atoms with Crippen molar-refractivity contribution in [3.05, 3.63) is 0 Å². The van der Waals surface area contributed by atoms with Gasteiger partial charge in [0, 0.05) is 0 Å². The Morgan fingerprint density at radius 2 is 1.86 bits per heavy atom. The van der Waals surface area contributed by atoms with Crippen LogP contribution in [0.15, 0.2) is 0 Å². The van der Waals surface area contributed by atoms with E-state index in [1.807, 2.05) is 0 Å². The average Bonchev–Trinajstić information content (AvgIpc) is 2.26. The van der Waals surface area contributed by atoms with Gasteiger partial charge < -0.3 is 15.6 Å². The van der Waals surface area contributed by atoms with Crippen LogP contribution in [0.2, 0.25) is 0 Å². The molecule has 0 aliphatic heterocycles. The number of rotatable bonds is 1. The van der Waals surface area contributed by atoms with Gasteiger partial charge >= 0.3 is 6.09 Å². The lowest BCUT2D eigenvalue weighted by Gasteiger charge is -2.35. The summed E-state index contributed by atoms with van der Waals surface area (Å²) < 4.78 is 5.22. The summed E-state index contributed by atoms with van der Waals surface area (Å²) >= 11 is 0. The molecule has 78 valence electrons. The van der Waals surface area contributed by atoms with Gasteiger partial charge in [0.05, 0.1) is 0 Å². The van der Waals surface area contributed by atoms with Gasteiger partial charge in [-0.1, -0.05) is 0 Å². The molecule has 4 bridgehead atoms. The van der Waals surface area contributed by atoms with E-state index >= 15 is 0 Å². The highest BCUT2D eigenvalue weighted by atomic mass is 16.6. The topological polar surface area (TPSA) is 72.6 Å². The van der Waals surface area contributed by atoms with Gasteiger partial charge in [-0.05, 0) is 43.9 Å². The number of hydrogen-bond donors (Lipinski definition) is 2. The number of nitrogens with two attached hydrogens (primary N) is 1. The first-order valence-electron chi connectivity index (χ1n) is 5.24. The van der Waals surface area contributed by atoms with E-state index in [9.17, 15) is 9.90 Å². The molecule has 4 fully saturated rings. The quantitative estimate of drug-likeness (QED) is 0.652. The van der Waals surface area contributed by atoms with Crippen LogP contribution < -0.4 is 5.73 Å². The summed E-state index contributed by atoms with van der Waals surface area (Å²) in [6.07, 6.45) is 3.64. The maximum atomic E-state index is 10.8. The van der Waals surface area contributed by atoms with Gasteiger partial charge in [0.1, 0.15) is 11.2 Å². The number of primary amides is 1. The zero-order valence-corrected chi connectivity index (χ0v) is 8.03. The Morgan fingerprint density at radius 1 is 1.29 bits per heavy atom. The van der Waals surface area contributed by atoms with Gasteiger partial charge in [0.2, 0.25) is 0 Å². The molecular formula is C10H15NO3. The fraction of sp³-hybridized carbons (Fsp3) is 0.900. The largest absolute Gasteiger partial charge is 0.440 e. The maximum absolute atomic E-state index is 10.8. The third kappa shape index (κ3) is 0.848. The highest BCUT2D eigenvalue weighted by Crippen LogP contribution is 2.64. The van der Waals surface area contributed by atoms with Crippen LogP contribution in [0.25, 0.3) is 0 Å². The first-order valence-corrected chi connectivity index (χ1v) is 5.24. The molecule has 4 nitrogen and oxygen atoms in total. The van der Waals surface area contributed by atoms with E-state index in [4.69, 9.17) is 10.5 Å². The van der Waals surface area contributed by atoms with Crippen LogP contribution in [-0.4, -0.2) is 22.4 Å². The van der Waals surface area contributed by atoms with Crippen molar-refractivity contribution in [1.82, 2.24) is 0 Å². The second-order valence-corrected chi connectivity index (χ2v) is 5.23. The minimum atomic E-state index is -0.768. The van der Waals surface area contributed by atoms with E-state index < -0.39 is 17.3 Å². The Hall–Kier alpha value is -0.770. The molecule has 0 heterocycles. The zero-order chi connectivity index (χ0) is 9.97. The van der Waals surface area contributed by atoms with Gasteiger partial charge in [0.25, 0.3) is 0 Å². The Kier molecular flexibility index (Phi) is 1.37. The molecule has 0 aromatic heterocycles. The third-order valence-electron chi connectivity index (χ3n) is 4.30. The molecule has 0 aromatic rings. The Balaban J connectivity index is 1.96. The highest BCUT2D eigenvalue weighted by molar-refractivity contribution is 5.65. The lowest BCUT2D eigenvalue weighted by atomic mass is 9.81. The molecule has 0 spiro atoms. The van der Waals surface area contributed by atoms with Crippen molar-refractivity contribution in [2.45, 2.75) is 43.3 Å². The standard InChI is InChI=1S/C10H15NO3/c11-8(12)14-10-4-6-1-7(5-10)3-9(10,13)2-6/h6-7,13H,1-5H2,(H2,11,12). The molecule has 4 aliphatic rings. The molecule has 0 radical (unpaired) electrons. The van der Waals surface area contributed by atoms with Crippen LogP contribution in [0.5, 0.6) is 0 Å². The van der Waals surface area contributed by atoms with Crippen molar-refractivity contribution < 1.29 is 14.6 Å². The summed E-state index contributed by atoms with van der Waals surface area (Å²) in [5, 5.41) is 10.4. The van der Waals surface area contributed by atoms with Crippen LogP contribution in [0.3, 0.4) is 0 Å². The van der Waals surface area contributed by atoms with Crippen molar-refractivity contribution in [3.8, 4) is 0 Å². The summed E-state index contributed by atoms with van der Waals surface area (Å²) in [6, 6.07) is 0. The highest BCUT2D eigenvalue weighted by Gasteiger charge is 2.68. The second-order valence-electron chi connectivity index (χ2n) is 5.23. The SMILES string of the molecule is NC(=O)OC12CC3CC(CC1(O)C3)C2. The van der Waals surface area contributed by atoms with E-state index in [-0.39, 0.29) is 0 Å². The van der Waals surface area contributed by atoms with E-state index in [1.54, 1.807) is 0 Å². The van der Waals surface area contributed by atoms with E-state index in [1.165, 1.54) is 6.42 Å². The van der Waals surface area contributed by atoms with Gasteiger partial charge in [-0.15, -0.1) is 0 Å². The number of aliphatic hydroxyl groups is 1. The van der Waals surface area contributed by atoms with Crippen molar-refractivity contribution >= 4 is 6.09 Å². The van der Waals surface area contributed by atoms with Crippen LogP contribution in [0, 0.1) is 11.8 Å². The minimum absolute atomic E-state index is 0.534. The summed E-state index contributed by atoms with van der Waals surface area (Å²) in [5.74, 6) is 1.07. The van der Waals surface area contributed by atoms with E-state index in [2.05, 4.69) is 0 Å². The number of carbonyl (C=O) groups is 1. The molecule has 0 aromatic carbocycles. The normalized spacial score (nSPS) is 53.8. The molecule has 1 amide bonds. The first kappa shape index (κ1) is 8.53. The molecule has 0 saturated heterocycles. The van der Waals surface area contributed by atoms with Crippen molar-refractivity contribution in [2.75, 3.05) is 0 Å². The number of amides is 1. The van der Waals surface area contributed by atoms with Gasteiger partial charge in [-0.25, -0.2) is 4.79 Å². The van der Waals surface area contributed by atoms with Crippen molar-refractivity contribution in [2.24, 2.45) is 17.6 Å². The number of carbonyl (C=O) groups excluding carboxylic acids is 1. The molecule has 4 rings (SSSR count). The van der Waals surface area contributed by atoms with Crippen molar-refractivity contribution in [3.63, 3.8) is 0 Å². The minimum Gasteiger partial charge on any atom is -0.440 e. The summed E-state index contributed by atoms with van der Waals surface area (Å²) in [4.78, 5) is 10.8. The lowest BCUT2D eigenvalue weighted by Crippen LogP contribution is -2.49. The monoisotopic (exact) mass is 197 g/mol. The molecule has 3 N–H and O–H groups in total. The molecule has 2 unspecified atom stereocenters. The number of hydrogen-bond acceptors (Lipinski definition) is 3. The Labute approximate surface area is 82.4 Å². The van der Waals surface area contributed by atoms with E-state index in [0.29, 0.717) is 11.8 Å². The average molecular weight is 197 g/mol. The van der Waals surface area contributed by atoms with Gasteiger partial charge in [-0.3, -0.25) is 0 Å². The first-order chi connectivity index (χ1) is 6.53. The zero-order valence-electron chi connectivity index (χ0n) is 8.03. The third-order valence-corrected chi connectivity index (χ3v) is 4.30.